The van der Waals surface area contributed by atoms with Gasteiger partial charge in [-0.05, 0) is 60.5 Å². The Hall–Kier alpha value is -3.86. The number of aryl methyl sites for hydroxylation is 1. The molecule has 160 valence electrons. The molecule has 32 heavy (non-hydrogen) atoms. The van der Waals surface area contributed by atoms with Gasteiger partial charge in [0.05, 0.1) is 22.6 Å². The molecule has 0 N–H and O–H groups in total. The van der Waals surface area contributed by atoms with E-state index >= 15 is 0 Å². The van der Waals surface area contributed by atoms with E-state index in [0.29, 0.717) is 5.56 Å². The number of nitrogens with zero attached hydrogens (tertiary/aromatic N) is 2. The van der Waals surface area contributed by atoms with Crippen molar-refractivity contribution < 1.29 is 13.2 Å². The van der Waals surface area contributed by atoms with Gasteiger partial charge in [0.15, 0.2) is 0 Å². The third-order valence-corrected chi connectivity index (χ3v) is 4.97. The molecule has 2 nitrogen and oxygen atoms in total. The van der Waals surface area contributed by atoms with E-state index in [1.807, 2.05) is 78.4 Å². The summed E-state index contributed by atoms with van der Waals surface area (Å²) >= 11 is 0. The maximum Gasteiger partial charge on any atom is 0.416 e. The van der Waals surface area contributed by atoms with Crippen molar-refractivity contribution in [2.75, 3.05) is 0 Å². The molecule has 4 aromatic rings. The summed E-state index contributed by atoms with van der Waals surface area (Å²) in [7, 11) is 0. The average Bonchev–Trinajstić information content (AvgIpc) is 3.21. The molecule has 0 aliphatic carbocycles. The van der Waals surface area contributed by atoms with Crippen LogP contribution in [0.2, 0.25) is 0 Å². The predicted molar refractivity (Wildman–Crippen MR) is 124 cm³/mol. The Morgan fingerprint density at radius 1 is 0.719 bits per heavy atom. The lowest BCUT2D eigenvalue weighted by atomic mass is 10.1. The zero-order valence-corrected chi connectivity index (χ0v) is 17.4. The maximum absolute atomic E-state index is 12.8. The van der Waals surface area contributed by atoms with Crippen molar-refractivity contribution in [3.05, 3.63) is 119 Å². The number of benzene rings is 3. The molecule has 0 unspecified atom stereocenters. The van der Waals surface area contributed by atoms with Gasteiger partial charge in [0.25, 0.3) is 0 Å². The first-order valence-corrected chi connectivity index (χ1v) is 10.1. The van der Waals surface area contributed by atoms with E-state index in [9.17, 15) is 13.2 Å². The second kappa shape index (κ2) is 9.10. The molecule has 0 amide bonds. The van der Waals surface area contributed by atoms with Gasteiger partial charge in [0.1, 0.15) is 0 Å². The lowest BCUT2D eigenvalue weighted by molar-refractivity contribution is -0.137. The molecule has 0 saturated heterocycles. The highest BCUT2D eigenvalue weighted by molar-refractivity contribution is 5.73. The third-order valence-electron chi connectivity index (χ3n) is 4.97. The van der Waals surface area contributed by atoms with Crippen LogP contribution in [0.15, 0.2) is 84.9 Å². The van der Waals surface area contributed by atoms with Crippen molar-refractivity contribution in [3.63, 3.8) is 0 Å². The minimum Gasteiger partial charge on any atom is -0.233 e. The molecule has 0 aliphatic heterocycles. The molecule has 0 saturated carbocycles. The fourth-order valence-corrected chi connectivity index (χ4v) is 3.21. The number of alkyl halides is 3. The first-order valence-electron chi connectivity index (χ1n) is 10.1. The van der Waals surface area contributed by atoms with E-state index in [0.717, 1.165) is 34.8 Å². The number of hydrogen-bond donors (Lipinski definition) is 0. The van der Waals surface area contributed by atoms with Gasteiger partial charge < -0.3 is 0 Å². The van der Waals surface area contributed by atoms with Gasteiger partial charge in [-0.2, -0.15) is 18.3 Å². The zero-order valence-electron chi connectivity index (χ0n) is 17.4. The van der Waals surface area contributed by atoms with Gasteiger partial charge in [0.2, 0.25) is 0 Å². The van der Waals surface area contributed by atoms with Crippen LogP contribution in [0.1, 0.15) is 33.6 Å². The van der Waals surface area contributed by atoms with Crippen molar-refractivity contribution in [3.8, 4) is 5.69 Å². The molecule has 0 fully saturated rings. The average molecular weight is 430 g/mol. The fraction of sp³-hybridized carbons (Fsp3) is 0.0741. The Morgan fingerprint density at radius 3 is 1.94 bits per heavy atom. The molecular formula is C27H21F3N2. The Bertz CT molecular complexity index is 1230. The largest absolute Gasteiger partial charge is 0.416 e. The minimum atomic E-state index is -4.34. The Kier molecular flexibility index (Phi) is 6.08. The Balaban J connectivity index is 1.64. The lowest BCUT2D eigenvalue weighted by Gasteiger charge is -2.06. The highest BCUT2D eigenvalue weighted by atomic mass is 19.4. The molecule has 1 heterocycles. The van der Waals surface area contributed by atoms with Crippen LogP contribution in [-0.4, -0.2) is 9.78 Å². The summed E-state index contributed by atoms with van der Waals surface area (Å²) in [4.78, 5) is 0. The van der Waals surface area contributed by atoms with E-state index in [1.165, 1.54) is 17.7 Å². The van der Waals surface area contributed by atoms with Crippen LogP contribution in [0.3, 0.4) is 0 Å². The quantitative estimate of drug-likeness (QED) is 0.320. The molecule has 3 aromatic carbocycles. The number of rotatable bonds is 5. The fourth-order valence-electron chi connectivity index (χ4n) is 3.21. The van der Waals surface area contributed by atoms with Crippen LogP contribution in [0.25, 0.3) is 30.0 Å². The summed E-state index contributed by atoms with van der Waals surface area (Å²) in [5, 5.41) is 4.70. The standard InChI is InChI=1S/C27H21F3N2/c1-20-7-9-21(10-8-20)13-17-24-19-26(32(31-24)25-5-3-2-4-6-25)18-14-22-11-15-23(16-12-22)27(28,29)30/h2-19H,1H3/b17-13+,18-14+. The molecular weight excluding hydrogens is 409 g/mol. The summed E-state index contributed by atoms with van der Waals surface area (Å²) in [6, 6.07) is 24.9. The highest BCUT2D eigenvalue weighted by Gasteiger charge is 2.29. The smallest absolute Gasteiger partial charge is 0.233 e. The van der Waals surface area contributed by atoms with Gasteiger partial charge in [0, 0.05) is 0 Å². The molecule has 0 spiro atoms. The molecule has 4 rings (SSSR count). The van der Waals surface area contributed by atoms with Gasteiger partial charge in [-0.15, -0.1) is 0 Å². The number of halogens is 3. The van der Waals surface area contributed by atoms with Crippen LogP contribution in [0.5, 0.6) is 0 Å². The van der Waals surface area contributed by atoms with Gasteiger partial charge in [-0.3, -0.25) is 0 Å². The SMILES string of the molecule is Cc1ccc(/C=C/c2cc(/C=C/c3ccc(C(F)(F)F)cc3)n(-c3ccccc3)n2)cc1. The van der Waals surface area contributed by atoms with Crippen LogP contribution >= 0.6 is 0 Å². The molecule has 0 bridgehead atoms. The molecule has 0 atom stereocenters. The van der Waals surface area contributed by atoms with E-state index in [2.05, 4.69) is 12.1 Å². The van der Waals surface area contributed by atoms with Gasteiger partial charge in [-0.25, -0.2) is 4.68 Å². The summed E-state index contributed by atoms with van der Waals surface area (Å²) < 4.78 is 40.2. The predicted octanol–water partition coefficient (Wildman–Crippen LogP) is 7.54. The Morgan fingerprint density at radius 2 is 1.31 bits per heavy atom. The molecule has 0 aliphatic rings. The van der Waals surface area contributed by atoms with Crippen molar-refractivity contribution in [2.45, 2.75) is 13.1 Å². The van der Waals surface area contributed by atoms with Crippen molar-refractivity contribution in [1.82, 2.24) is 9.78 Å². The normalized spacial score (nSPS) is 12.1. The number of para-hydroxylation sites is 1. The van der Waals surface area contributed by atoms with Crippen LogP contribution in [-0.2, 0) is 6.18 Å². The first-order chi connectivity index (χ1) is 15.4. The maximum atomic E-state index is 12.8. The highest BCUT2D eigenvalue weighted by Crippen LogP contribution is 2.29. The summed E-state index contributed by atoms with van der Waals surface area (Å²) in [6.07, 6.45) is 3.24. The van der Waals surface area contributed by atoms with Crippen LogP contribution in [0.4, 0.5) is 13.2 Å². The van der Waals surface area contributed by atoms with E-state index in [1.54, 1.807) is 6.08 Å². The monoisotopic (exact) mass is 430 g/mol. The summed E-state index contributed by atoms with van der Waals surface area (Å²) in [6.45, 7) is 2.05. The summed E-state index contributed by atoms with van der Waals surface area (Å²) in [5.74, 6) is 0. The van der Waals surface area contributed by atoms with E-state index < -0.39 is 11.7 Å². The number of aromatic nitrogens is 2. The van der Waals surface area contributed by atoms with Gasteiger partial charge in [-0.1, -0.05) is 72.3 Å². The molecule has 1 aromatic heterocycles. The third kappa shape index (κ3) is 5.24. The lowest BCUT2D eigenvalue weighted by Crippen LogP contribution is -2.03. The van der Waals surface area contributed by atoms with Crippen LogP contribution in [0, 0.1) is 6.92 Å². The first kappa shape index (κ1) is 21.4. The van der Waals surface area contributed by atoms with Crippen molar-refractivity contribution in [1.29, 1.82) is 0 Å². The second-order valence-corrected chi connectivity index (χ2v) is 7.44. The zero-order chi connectivity index (χ0) is 22.6. The Labute approximate surface area is 185 Å². The van der Waals surface area contributed by atoms with Crippen molar-refractivity contribution in [2.24, 2.45) is 0 Å². The van der Waals surface area contributed by atoms with Crippen molar-refractivity contribution >= 4 is 24.3 Å². The minimum absolute atomic E-state index is 0.660. The molecule has 0 radical (unpaired) electrons. The van der Waals surface area contributed by atoms with Gasteiger partial charge >= 0.3 is 6.18 Å². The number of hydrogen-bond acceptors (Lipinski definition) is 1. The topological polar surface area (TPSA) is 17.8 Å². The second-order valence-electron chi connectivity index (χ2n) is 7.44. The molecule has 5 heteroatoms. The van der Waals surface area contributed by atoms with E-state index in [4.69, 9.17) is 5.10 Å². The summed E-state index contributed by atoms with van der Waals surface area (Å²) in [5.41, 5.74) is 4.79. The van der Waals surface area contributed by atoms with E-state index in [-0.39, 0.29) is 0 Å². The van der Waals surface area contributed by atoms with Crippen LogP contribution < -0.4 is 0 Å².